The fourth-order valence-electron chi connectivity index (χ4n) is 1.93. The zero-order chi connectivity index (χ0) is 16.3. The monoisotopic (exact) mass is 315 g/mol. The molecule has 0 heterocycles. The van der Waals surface area contributed by atoms with E-state index in [9.17, 15) is 13.2 Å². The third kappa shape index (κ3) is 12.0. The largest absolute Gasteiger partial charge is 0.404 e. The molecule has 1 N–H and O–H groups in total. The van der Waals surface area contributed by atoms with Crippen LogP contribution in [-0.2, 0) is 9.47 Å². The van der Waals surface area contributed by atoms with Crippen molar-refractivity contribution in [1.29, 1.82) is 0 Å². The van der Waals surface area contributed by atoms with Gasteiger partial charge in [-0.05, 0) is 24.7 Å². The van der Waals surface area contributed by atoms with Crippen LogP contribution in [0.15, 0.2) is 0 Å². The first-order valence-electron chi connectivity index (χ1n) is 7.70. The zero-order valence-electron chi connectivity index (χ0n) is 13.6. The molecule has 0 aliphatic heterocycles. The van der Waals surface area contributed by atoms with Crippen LogP contribution in [0.2, 0.25) is 0 Å². The zero-order valence-corrected chi connectivity index (χ0v) is 13.6. The molecule has 0 aromatic heterocycles. The van der Waals surface area contributed by atoms with Gasteiger partial charge in [0.1, 0.15) is 6.04 Å². The molecule has 3 nitrogen and oxygen atoms in total. The van der Waals surface area contributed by atoms with Crippen molar-refractivity contribution in [2.45, 2.75) is 52.8 Å². The van der Waals surface area contributed by atoms with Crippen molar-refractivity contribution in [3.63, 3.8) is 0 Å². The van der Waals surface area contributed by atoms with Crippen LogP contribution in [0.1, 0.15) is 42.0 Å². The Balaban J connectivity index is 0. The van der Waals surface area contributed by atoms with E-state index in [1.54, 1.807) is 13.8 Å². The van der Waals surface area contributed by atoms with Crippen molar-refractivity contribution in [2.75, 3.05) is 33.0 Å². The summed E-state index contributed by atoms with van der Waals surface area (Å²) in [6.45, 7) is 9.51. The van der Waals surface area contributed by atoms with Crippen LogP contribution >= 0.6 is 0 Å². The molecule has 0 spiro atoms. The van der Waals surface area contributed by atoms with Crippen LogP contribution < -0.4 is 5.32 Å². The molecule has 0 bridgehead atoms. The van der Waals surface area contributed by atoms with E-state index in [1.807, 2.05) is 0 Å². The summed E-state index contributed by atoms with van der Waals surface area (Å²) in [5.41, 5.74) is 0. The Bertz CT molecular complexity index is 251. The van der Waals surface area contributed by atoms with E-state index in [0.29, 0.717) is 25.7 Å². The second kappa shape index (κ2) is 11.3. The lowest BCUT2D eigenvalue weighted by atomic mass is 10.0. The summed E-state index contributed by atoms with van der Waals surface area (Å²) in [6.07, 6.45) is -2.05. The molecule has 6 heteroatoms. The number of alkyl halides is 3. The predicted molar refractivity (Wildman–Crippen MR) is 80.5 cm³/mol. The normalized spacial score (nSPS) is 14.1. The van der Waals surface area contributed by atoms with Gasteiger partial charge in [-0.25, -0.2) is 0 Å². The van der Waals surface area contributed by atoms with Gasteiger partial charge < -0.3 is 14.8 Å². The average molecular weight is 315 g/mol. The van der Waals surface area contributed by atoms with E-state index >= 15 is 0 Å². The van der Waals surface area contributed by atoms with Gasteiger partial charge in [0.15, 0.2) is 0 Å². The highest BCUT2D eigenvalue weighted by atomic mass is 19.4. The standard InChI is InChI=1S/C15H30F3NO2.H2/c1-12(2)6-5-8-20-10-11-21-9-7-19-14(13(3)4)15(16,17)18;/h12-14,19H,5-11H2,1-4H3;1H. The van der Waals surface area contributed by atoms with Crippen LogP contribution in [-0.4, -0.2) is 45.2 Å². The van der Waals surface area contributed by atoms with Crippen LogP contribution in [0, 0.1) is 11.8 Å². The molecule has 21 heavy (non-hydrogen) atoms. The lowest BCUT2D eigenvalue weighted by molar-refractivity contribution is -0.165. The van der Waals surface area contributed by atoms with Crippen LogP contribution in [0.25, 0.3) is 0 Å². The van der Waals surface area contributed by atoms with Crippen LogP contribution in [0.5, 0.6) is 0 Å². The first kappa shape index (κ1) is 20.7. The summed E-state index contributed by atoms with van der Waals surface area (Å²) >= 11 is 0. The highest BCUT2D eigenvalue weighted by molar-refractivity contribution is 4.77. The molecule has 0 aromatic carbocycles. The molecule has 0 aliphatic carbocycles. The maximum absolute atomic E-state index is 12.7. The Hall–Kier alpha value is -0.330. The van der Waals surface area contributed by atoms with E-state index in [4.69, 9.17) is 9.47 Å². The molecule has 0 saturated carbocycles. The van der Waals surface area contributed by atoms with Crippen molar-refractivity contribution in [2.24, 2.45) is 11.8 Å². The predicted octanol–water partition coefficient (Wildman–Crippen LogP) is 3.88. The molecule has 0 rings (SSSR count). The van der Waals surface area contributed by atoms with E-state index < -0.39 is 18.1 Å². The number of hydrogen-bond acceptors (Lipinski definition) is 3. The third-order valence-electron chi connectivity index (χ3n) is 3.07. The summed E-state index contributed by atoms with van der Waals surface area (Å²) in [5, 5.41) is 2.49. The number of halogens is 3. The SMILES string of the molecule is CC(C)CCCOCCOCCNC(C(C)C)C(F)(F)F.[HH]. The van der Waals surface area contributed by atoms with Crippen LogP contribution in [0.4, 0.5) is 13.2 Å². The van der Waals surface area contributed by atoms with Crippen molar-refractivity contribution in [3.05, 3.63) is 0 Å². The summed E-state index contributed by atoms with van der Waals surface area (Å²) in [7, 11) is 0. The number of ether oxygens (including phenoxy) is 2. The van der Waals surface area contributed by atoms with Gasteiger partial charge >= 0.3 is 6.18 Å². The fraction of sp³-hybridized carbons (Fsp3) is 1.00. The van der Waals surface area contributed by atoms with Gasteiger partial charge in [0.2, 0.25) is 0 Å². The average Bonchev–Trinajstić information content (AvgIpc) is 2.33. The molecule has 0 fully saturated rings. The van der Waals surface area contributed by atoms with E-state index in [1.165, 1.54) is 0 Å². The van der Waals surface area contributed by atoms with E-state index in [-0.39, 0.29) is 14.6 Å². The maximum atomic E-state index is 12.7. The van der Waals surface area contributed by atoms with Gasteiger partial charge in [-0.15, -0.1) is 0 Å². The van der Waals surface area contributed by atoms with Gasteiger partial charge in [-0.2, -0.15) is 13.2 Å². The molecule has 0 saturated heterocycles. The molecule has 1 unspecified atom stereocenters. The Morgan fingerprint density at radius 3 is 2.00 bits per heavy atom. The van der Waals surface area contributed by atoms with Crippen LogP contribution in [0.3, 0.4) is 0 Å². The second-order valence-corrected chi connectivity index (χ2v) is 5.98. The molecule has 0 aromatic rings. The number of hydrogen-bond donors (Lipinski definition) is 1. The van der Waals surface area contributed by atoms with Gasteiger partial charge in [-0.3, -0.25) is 0 Å². The lowest BCUT2D eigenvalue weighted by Crippen LogP contribution is -2.47. The minimum atomic E-state index is -4.21. The Morgan fingerprint density at radius 2 is 1.52 bits per heavy atom. The number of rotatable bonds is 12. The fourth-order valence-corrected chi connectivity index (χ4v) is 1.93. The highest BCUT2D eigenvalue weighted by Crippen LogP contribution is 2.25. The highest BCUT2D eigenvalue weighted by Gasteiger charge is 2.40. The summed E-state index contributed by atoms with van der Waals surface area (Å²) in [5.74, 6) is 0.188. The summed E-state index contributed by atoms with van der Waals surface area (Å²) < 4.78 is 48.6. The minimum absolute atomic E-state index is 0. The summed E-state index contributed by atoms with van der Waals surface area (Å²) in [6, 6.07) is -1.48. The Morgan fingerprint density at radius 1 is 0.952 bits per heavy atom. The first-order chi connectivity index (χ1) is 9.75. The van der Waals surface area contributed by atoms with E-state index in [2.05, 4.69) is 19.2 Å². The molecular weight excluding hydrogens is 283 g/mol. The van der Waals surface area contributed by atoms with Gasteiger partial charge in [-0.1, -0.05) is 27.7 Å². The maximum Gasteiger partial charge on any atom is 0.404 e. The van der Waals surface area contributed by atoms with Gasteiger partial charge in [0.05, 0.1) is 19.8 Å². The topological polar surface area (TPSA) is 30.5 Å². The quantitative estimate of drug-likeness (QED) is 0.554. The smallest absolute Gasteiger partial charge is 0.379 e. The Labute approximate surface area is 128 Å². The lowest BCUT2D eigenvalue weighted by Gasteiger charge is -2.24. The molecule has 0 radical (unpaired) electrons. The van der Waals surface area contributed by atoms with Crippen molar-refractivity contribution >= 4 is 0 Å². The van der Waals surface area contributed by atoms with E-state index in [0.717, 1.165) is 12.8 Å². The van der Waals surface area contributed by atoms with Gasteiger partial charge in [0, 0.05) is 14.6 Å². The second-order valence-electron chi connectivity index (χ2n) is 5.98. The minimum Gasteiger partial charge on any atom is -0.379 e. The van der Waals surface area contributed by atoms with Crippen molar-refractivity contribution in [1.82, 2.24) is 5.32 Å². The first-order valence-corrected chi connectivity index (χ1v) is 7.70. The third-order valence-corrected chi connectivity index (χ3v) is 3.07. The van der Waals surface area contributed by atoms with Crippen molar-refractivity contribution < 1.29 is 24.1 Å². The molecule has 1 atom stereocenters. The molecule has 0 aliphatic rings. The molecule has 130 valence electrons. The van der Waals surface area contributed by atoms with Gasteiger partial charge in [0.25, 0.3) is 0 Å². The Kier molecular flexibility index (Phi) is 11.1. The molecule has 0 amide bonds. The summed E-state index contributed by atoms with van der Waals surface area (Å²) in [4.78, 5) is 0. The molecular formula is C15H32F3NO2. The number of nitrogens with one attached hydrogen (secondary N) is 1. The van der Waals surface area contributed by atoms with Crippen molar-refractivity contribution in [3.8, 4) is 0 Å².